The van der Waals surface area contributed by atoms with Crippen LogP contribution in [-0.2, 0) is 14.3 Å². The van der Waals surface area contributed by atoms with Gasteiger partial charge in [-0.1, -0.05) is 18.2 Å². The van der Waals surface area contributed by atoms with Crippen LogP contribution in [0.5, 0.6) is 11.5 Å². The van der Waals surface area contributed by atoms with E-state index in [1.807, 2.05) is 32.0 Å². The molecule has 0 bridgehead atoms. The molecular formula is C20H23NO5. The lowest BCUT2D eigenvalue weighted by Crippen LogP contribution is -2.31. The van der Waals surface area contributed by atoms with Crippen molar-refractivity contribution >= 4 is 17.6 Å². The van der Waals surface area contributed by atoms with E-state index in [1.165, 1.54) is 14.0 Å². The number of hydrogen-bond acceptors (Lipinski definition) is 5. The monoisotopic (exact) mass is 357 g/mol. The molecule has 0 aromatic heterocycles. The molecule has 2 rings (SSSR count). The Morgan fingerprint density at radius 1 is 1.08 bits per heavy atom. The van der Waals surface area contributed by atoms with Crippen molar-refractivity contribution in [3.8, 4) is 11.5 Å². The van der Waals surface area contributed by atoms with E-state index in [9.17, 15) is 9.59 Å². The number of esters is 1. The Labute approximate surface area is 153 Å². The highest BCUT2D eigenvalue weighted by atomic mass is 16.6. The van der Waals surface area contributed by atoms with Crippen molar-refractivity contribution < 1.29 is 23.8 Å². The Bertz CT molecular complexity index is 767. The van der Waals surface area contributed by atoms with Gasteiger partial charge in [0, 0.05) is 0 Å². The lowest BCUT2D eigenvalue weighted by molar-refractivity contribution is -0.155. The lowest BCUT2D eigenvalue weighted by Gasteiger charge is -2.15. The van der Waals surface area contributed by atoms with Gasteiger partial charge in [0.1, 0.15) is 11.5 Å². The van der Waals surface area contributed by atoms with Crippen molar-refractivity contribution in [1.29, 1.82) is 0 Å². The van der Waals surface area contributed by atoms with Crippen LogP contribution in [0.3, 0.4) is 0 Å². The highest BCUT2D eigenvalue weighted by molar-refractivity contribution is 5.96. The Kier molecular flexibility index (Phi) is 6.60. The predicted molar refractivity (Wildman–Crippen MR) is 98.6 cm³/mol. The van der Waals surface area contributed by atoms with Gasteiger partial charge in [-0.3, -0.25) is 4.79 Å². The second-order valence-electron chi connectivity index (χ2n) is 5.93. The summed E-state index contributed by atoms with van der Waals surface area (Å²) in [6, 6.07) is 12.7. The molecule has 6 nitrogen and oxygen atoms in total. The van der Waals surface area contributed by atoms with E-state index >= 15 is 0 Å². The Balaban J connectivity index is 1.86. The van der Waals surface area contributed by atoms with E-state index in [0.717, 1.165) is 11.1 Å². The summed E-state index contributed by atoms with van der Waals surface area (Å²) in [7, 11) is 1.51. The number of nitrogens with one attached hydrogen (secondary N) is 1. The van der Waals surface area contributed by atoms with Crippen LogP contribution in [0.15, 0.2) is 42.5 Å². The van der Waals surface area contributed by atoms with Gasteiger partial charge in [0.15, 0.2) is 12.7 Å². The topological polar surface area (TPSA) is 73.9 Å². The fraction of sp³-hybridized carbons (Fsp3) is 0.300. The second kappa shape index (κ2) is 8.89. The predicted octanol–water partition coefficient (Wildman–Crippen LogP) is 3.26. The molecule has 0 aliphatic carbocycles. The van der Waals surface area contributed by atoms with Crippen molar-refractivity contribution in [3.05, 3.63) is 53.6 Å². The number of amides is 1. The number of hydrogen-bond donors (Lipinski definition) is 1. The molecule has 0 saturated carbocycles. The largest absolute Gasteiger partial charge is 0.495 e. The summed E-state index contributed by atoms with van der Waals surface area (Å²) in [6.07, 6.45) is -0.963. The fourth-order valence-corrected chi connectivity index (χ4v) is 2.43. The number of methoxy groups -OCH3 is 1. The summed E-state index contributed by atoms with van der Waals surface area (Å²) in [4.78, 5) is 24.1. The standard InChI is InChI=1S/C20H23NO5/c1-13-9-14(2)11-16(10-13)25-12-19(22)26-15(3)20(23)21-17-7-5-6-8-18(17)24-4/h5-11,15H,12H2,1-4H3,(H,21,23)/t15-/m0/s1. The lowest BCUT2D eigenvalue weighted by atomic mass is 10.1. The van der Waals surface area contributed by atoms with Crippen molar-refractivity contribution in [2.24, 2.45) is 0 Å². The quantitative estimate of drug-likeness (QED) is 0.770. The molecule has 0 spiro atoms. The minimum atomic E-state index is -0.963. The van der Waals surface area contributed by atoms with Gasteiger partial charge in [0.05, 0.1) is 12.8 Å². The van der Waals surface area contributed by atoms with Crippen molar-refractivity contribution in [2.75, 3.05) is 19.0 Å². The number of benzene rings is 2. The first kappa shape index (κ1) is 19.3. The average molecular weight is 357 g/mol. The van der Waals surface area contributed by atoms with E-state index in [-0.39, 0.29) is 6.61 Å². The van der Waals surface area contributed by atoms with Crippen LogP contribution >= 0.6 is 0 Å². The van der Waals surface area contributed by atoms with Gasteiger partial charge >= 0.3 is 5.97 Å². The first-order chi connectivity index (χ1) is 12.4. The number of ether oxygens (including phenoxy) is 3. The minimum absolute atomic E-state index is 0.269. The first-order valence-electron chi connectivity index (χ1n) is 8.23. The molecule has 0 heterocycles. The minimum Gasteiger partial charge on any atom is -0.495 e. The number of rotatable bonds is 7. The molecule has 2 aromatic rings. The normalized spacial score (nSPS) is 11.4. The molecule has 2 aromatic carbocycles. The SMILES string of the molecule is COc1ccccc1NC(=O)[C@H](C)OC(=O)COc1cc(C)cc(C)c1. The number of carbonyl (C=O) groups is 2. The highest BCUT2D eigenvalue weighted by Crippen LogP contribution is 2.23. The molecule has 0 aliphatic heterocycles. The number of aryl methyl sites for hydroxylation is 2. The molecule has 1 atom stereocenters. The van der Waals surface area contributed by atoms with Crippen LogP contribution in [0, 0.1) is 13.8 Å². The average Bonchev–Trinajstić information content (AvgIpc) is 2.59. The molecule has 26 heavy (non-hydrogen) atoms. The Morgan fingerprint density at radius 2 is 1.73 bits per heavy atom. The maximum Gasteiger partial charge on any atom is 0.344 e. The molecule has 0 unspecified atom stereocenters. The van der Waals surface area contributed by atoms with Gasteiger partial charge in [-0.2, -0.15) is 0 Å². The zero-order chi connectivity index (χ0) is 19.1. The van der Waals surface area contributed by atoms with Gasteiger partial charge in [0.25, 0.3) is 5.91 Å². The zero-order valence-electron chi connectivity index (χ0n) is 15.4. The van der Waals surface area contributed by atoms with Gasteiger partial charge < -0.3 is 19.5 Å². The van der Waals surface area contributed by atoms with Gasteiger partial charge in [0.2, 0.25) is 0 Å². The Hall–Kier alpha value is -3.02. The van der Waals surface area contributed by atoms with Crippen molar-refractivity contribution in [2.45, 2.75) is 26.9 Å². The third kappa shape index (κ3) is 5.51. The highest BCUT2D eigenvalue weighted by Gasteiger charge is 2.19. The molecule has 138 valence electrons. The van der Waals surface area contributed by atoms with Crippen LogP contribution in [0.25, 0.3) is 0 Å². The molecule has 1 N–H and O–H groups in total. The summed E-state index contributed by atoms with van der Waals surface area (Å²) >= 11 is 0. The molecule has 0 radical (unpaired) electrons. The van der Waals surface area contributed by atoms with E-state index in [0.29, 0.717) is 17.2 Å². The van der Waals surface area contributed by atoms with Crippen LogP contribution in [0.1, 0.15) is 18.1 Å². The van der Waals surface area contributed by atoms with Crippen molar-refractivity contribution in [1.82, 2.24) is 0 Å². The van der Waals surface area contributed by atoms with Crippen LogP contribution in [0.2, 0.25) is 0 Å². The smallest absolute Gasteiger partial charge is 0.344 e. The maximum atomic E-state index is 12.2. The summed E-state index contributed by atoms with van der Waals surface area (Å²) in [5, 5.41) is 2.67. The third-order valence-corrected chi connectivity index (χ3v) is 3.59. The molecule has 0 fully saturated rings. The number of anilines is 1. The van der Waals surface area contributed by atoms with E-state index < -0.39 is 18.0 Å². The zero-order valence-corrected chi connectivity index (χ0v) is 15.4. The fourth-order valence-electron chi connectivity index (χ4n) is 2.43. The van der Waals surface area contributed by atoms with E-state index in [2.05, 4.69) is 5.32 Å². The molecule has 0 aliphatic rings. The second-order valence-corrected chi connectivity index (χ2v) is 5.93. The number of para-hydroxylation sites is 2. The Morgan fingerprint density at radius 3 is 2.38 bits per heavy atom. The van der Waals surface area contributed by atoms with Crippen LogP contribution in [-0.4, -0.2) is 31.7 Å². The van der Waals surface area contributed by atoms with Crippen LogP contribution in [0.4, 0.5) is 5.69 Å². The first-order valence-corrected chi connectivity index (χ1v) is 8.23. The maximum absolute atomic E-state index is 12.2. The van der Waals surface area contributed by atoms with Gasteiger partial charge in [-0.25, -0.2) is 4.79 Å². The van der Waals surface area contributed by atoms with E-state index in [4.69, 9.17) is 14.2 Å². The van der Waals surface area contributed by atoms with Gasteiger partial charge in [-0.15, -0.1) is 0 Å². The molecule has 0 saturated heterocycles. The van der Waals surface area contributed by atoms with E-state index in [1.54, 1.807) is 24.3 Å². The third-order valence-electron chi connectivity index (χ3n) is 3.59. The van der Waals surface area contributed by atoms with Gasteiger partial charge in [-0.05, 0) is 56.2 Å². The summed E-state index contributed by atoms with van der Waals surface area (Å²) in [5.41, 5.74) is 2.59. The molecule has 6 heteroatoms. The van der Waals surface area contributed by atoms with Crippen molar-refractivity contribution in [3.63, 3.8) is 0 Å². The molecular weight excluding hydrogens is 334 g/mol. The number of carbonyl (C=O) groups excluding carboxylic acids is 2. The summed E-state index contributed by atoms with van der Waals surface area (Å²) in [5.74, 6) is 0.0455. The summed E-state index contributed by atoms with van der Waals surface area (Å²) < 4.78 is 15.7. The molecule has 1 amide bonds. The van der Waals surface area contributed by atoms with Crippen LogP contribution < -0.4 is 14.8 Å². The summed E-state index contributed by atoms with van der Waals surface area (Å²) in [6.45, 7) is 5.12.